The summed E-state index contributed by atoms with van der Waals surface area (Å²) >= 11 is 0. The van der Waals surface area contributed by atoms with Crippen LogP contribution in [0.1, 0.15) is 25.8 Å². The fourth-order valence-electron chi connectivity index (χ4n) is 2.65. The van der Waals surface area contributed by atoms with Crippen LogP contribution < -0.4 is 10.6 Å². The van der Waals surface area contributed by atoms with Gasteiger partial charge in [0.05, 0.1) is 13.0 Å². The second kappa shape index (κ2) is 6.06. The maximum atomic E-state index is 11.6. The molecule has 1 aliphatic rings. The van der Waals surface area contributed by atoms with Crippen molar-refractivity contribution in [2.75, 3.05) is 18.1 Å². The zero-order valence-corrected chi connectivity index (χ0v) is 11.6. The van der Waals surface area contributed by atoms with Gasteiger partial charge in [0.2, 0.25) is 0 Å². The molecule has 1 aliphatic heterocycles. The highest BCUT2D eigenvalue weighted by molar-refractivity contribution is 5.71. The van der Waals surface area contributed by atoms with E-state index in [4.69, 9.17) is 10.5 Å². The van der Waals surface area contributed by atoms with Crippen LogP contribution in [0.5, 0.6) is 0 Å². The molecular formula is C15H22N2O2. The van der Waals surface area contributed by atoms with Crippen LogP contribution in [0.15, 0.2) is 24.3 Å². The Morgan fingerprint density at radius 3 is 3.00 bits per heavy atom. The molecule has 0 bridgehead atoms. The van der Waals surface area contributed by atoms with Gasteiger partial charge in [-0.2, -0.15) is 0 Å². The van der Waals surface area contributed by atoms with Gasteiger partial charge in [-0.1, -0.05) is 18.2 Å². The van der Waals surface area contributed by atoms with Gasteiger partial charge in [0.25, 0.3) is 0 Å². The number of hydrogen-bond donors (Lipinski definition) is 1. The van der Waals surface area contributed by atoms with Gasteiger partial charge in [0.1, 0.15) is 0 Å². The molecule has 0 saturated heterocycles. The Labute approximate surface area is 114 Å². The average Bonchev–Trinajstić information content (AvgIpc) is 2.37. The van der Waals surface area contributed by atoms with Crippen LogP contribution in [-0.2, 0) is 16.0 Å². The smallest absolute Gasteiger partial charge is 0.307 e. The number of nitrogens with zero attached hydrogens (tertiary/aromatic N) is 1. The minimum Gasteiger partial charge on any atom is -0.466 e. The van der Waals surface area contributed by atoms with Crippen LogP contribution in [0.3, 0.4) is 0 Å². The van der Waals surface area contributed by atoms with Crippen molar-refractivity contribution in [3.8, 4) is 0 Å². The number of fused-ring (bicyclic) bond motifs is 1. The van der Waals surface area contributed by atoms with E-state index in [1.54, 1.807) is 0 Å². The van der Waals surface area contributed by atoms with Gasteiger partial charge in [0.15, 0.2) is 0 Å². The Morgan fingerprint density at radius 2 is 2.26 bits per heavy atom. The van der Waals surface area contributed by atoms with Gasteiger partial charge in [-0.15, -0.1) is 0 Å². The first-order valence-corrected chi connectivity index (χ1v) is 6.87. The first-order valence-electron chi connectivity index (χ1n) is 6.87. The molecule has 0 radical (unpaired) electrons. The van der Waals surface area contributed by atoms with E-state index in [1.165, 1.54) is 11.3 Å². The number of benzene rings is 1. The maximum Gasteiger partial charge on any atom is 0.307 e. The van der Waals surface area contributed by atoms with Gasteiger partial charge in [-0.25, -0.2) is 0 Å². The lowest BCUT2D eigenvalue weighted by atomic mass is 9.96. The van der Waals surface area contributed by atoms with Crippen LogP contribution in [0.4, 0.5) is 5.69 Å². The third-order valence-electron chi connectivity index (χ3n) is 3.51. The van der Waals surface area contributed by atoms with Crippen molar-refractivity contribution in [3.05, 3.63) is 29.8 Å². The molecule has 1 aromatic rings. The number of nitrogens with two attached hydrogens (primary N) is 1. The Hall–Kier alpha value is -1.55. The molecule has 2 atom stereocenters. The predicted octanol–water partition coefficient (Wildman–Crippen LogP) is 1.72. The third kappa shape index (κ3) is 3.26. The molecule has 1 heterocycles. The van der Waals surface area contributed by atoms with E-state index in [1.807, 2.05) is 26.0 Å². The molecule has 0 saturated carbocycles. The molecule has 104 valence electrons. The maximum absolute atomic E-state index is 11.6. The largest absolute Gasteiger partial charge is 0.466 e. The highest BCUT2D eigenvalue weighted by Crippen LogP contribution is 2.28. The summed E-state index contributed by atoms with van der Waals surface area (Å²) < 4.78 is 5.02. The summed E-state index contributed by atoms with van der Waals surface area (Å²) in [6.45, 7) is 5.10. The summed E-state index contributed by atoms with van der Waals surface area (Å²) in [7, 11) is 0. The van der Waals surface area contributed by atoms with E-state index in [0.717, 1.165) is 13.0 Å². The minimum atomic E-state index is -0.147. The molecule has 19 heavy (non-hydrogen) atoms. The Kier molecular flexibility index (Phi) is 4.43. The Bertz CT molecular complexity index is 448. The summed E-state index contributed by atoms with van der Waals surface area (Å²) in [6.07, 6.45) is 1.30. The molecule has 0 aliphatic carbocycles. The number of ether oxygens (including phenoxy) is 1. The monoisotopic (exact) mass is 262 g/mol. The van der Waals surface area contributed by atoms with Crippen LogP contribution in [0.25, 0.3) is 0 Å². The normalized spacial score (nSPS) is 19.7. The lowest BCUT2D eigenvalue weighted by Crippen LogP contribution is -2.47. The van der Waals surface area contributed by atoms with Gasteiger partial charge in [0, 0.05) is 24.3 Å². The van der Waals surface area contributed by atoms with Crippen LogP contribution >= 0.6 is 0 Å². The molecule has 0 amide bonds. The van der Waals surface area contributed by atoms with Gasteiger partial charge in [-0.3, -0.25) is 4.79 Å². The summed E-state index contributed by atoms with van der Waals surface area (Å²) in [5.74, 6) is -0.147. The van der Waals surface area contributed by atoms with Crippen molar-refractivity contribution in [3.63, 3.8) is 0 Å². The fourth-order valence-corrected chi connectivity index (χ4v) is 2.65. The molecule has 0 spiro atoms. The number of anilines is 1. The first-order chi connectivity index (χ1) is 9.11. The van der Waals surface area contributed by atoms with E-state index in [0.29, 0.717) is 13.0 Å². The van der Waals surface area contributed by atoms with Crippen molar-refractivity contribution < 1.29 is 9.53 Å². The third-order valence-corrected chi connectivity index (χ3v) is 3.51. The molecular weight excluding hydrogens is 240 g/mol. The molecule has 2 unspecified atom stereocenters. The van der Waals surface area contributed by atoms with E-state index in [9.17, 15) is 4.79 Å². The van der Waals surface area contributed by atoms with Gasteiger partial charge < -0.3 is 15.4 Å². The van der Waals surface area contributed by atoms with Crippen molar-refractivity contribution in [1.29, 1.82) is 0 Å². The van der Waals surface area contributed by atoms with Crippen molar-refractivity contribution in [2.45, 2.75) is 38.8 Å². The molecule has 0 fully saturated rings. The highest BCUT2D eigenvalue weighted by atomic mass is 16.5. The molecule has 2 rings (SSSR count). The van der Waals surface area contributed by atoms with Crippen molar-refractivity contribution >= 4 is 11.7 Å². The van der Waals surface area contributed by atoms with Crippen molar-refractivity contribution in [2.24, 2.45) is 5.73 Å². The lowest BCUT2D eigenvalue weighted by molar-refractivity contribution is -0.143. The van der Waals surface area contributed by atoms with Crippen molar-refractivity contribution in [1.82, 2.24) is 0 Å². The van der Waals surface area contributed by atoms with E-state index in [2.05, 4.69) is 17.0 Å². The van der Waals surface area contributed by atoms with Gasteiger partial charge >= 0.3 is 5.97 Å². The highest BCUT2D eigenvalue weighted by Gasteiger charge is 2.26. The summed E-state index contributed by atoms with van der Waals surface area (Å²) in [6, 6.07) is 8.50. The van der Waals surface area contributed by atoms with Crippen LogP contribution in [-0.4, -0.2) is 31.2 Å². The van der Waals surface area contributed by atoms with E-state index >= 15 is 0 Å². The van der Waals surface area contributed by atoms with E-state index in [-0.39, 0.29) is 18.1 Å². The second-order valence-corrected chi connectivity index (χ2v) is 5.10. The SMILES string of the molecule is CCOC(=O)CC(C)N1CC(N)Cc2ccccc21. The Balaban J connectivity index is 2.13. The van der Waals surface area contributed by atoms with Gasteiger partial charge in [-0.05, 0) is 31.9 Å². The summed E-state index contributed by atoms with van der Waals surface area (Å²) in [5.41, 5.74) is 8.57. The fraction of sp³-hybridized carbons (Fsp3) is 0.533. The second-order valence-electron chi connectivity index (χ2n) is 5.10. The topological polar surface area (TPSA) is 55.6 Å². The number of hydrogen-bond acceptors (Lipinski definition) is 4. The molecule has 4 heteroatoms. The summed E-state index contributed by atoms with van der Waals surface area (Å²) in [5, 5.41) is 0. The zero-order valence-electron chi connectivity index (χ0n) is 11.6. The molecule has 0 aromatic heterocycles. The standard InChI is InChI=1S/C15H22N2O2/c1-3-19-15(18)8-11(2)17-10-13(16)9-12-6-4-5-7-14(12)17/h4-7,11,13H,3,8-10,16H2,1-2H3. The predicted molar refractivity (Wildman–Crippen MR) is 76.2 cm³/mol. The summed E-state index contributed by atoms with van der Waals surface area (Å²) in [4.78, 5) is 13.8. The minimum absolute atomic E-state index is 0.103. The molecule has 4 nitrogen and oxygen atoms in total. The number of carbonyl (C=O) groups is 1. The number of esters is 1. The van der Waals surface area contributed by atoms with Crippen LogP contribution in [0, 0.1) is 0 Å². The number of para-hydroxylation sites is 1. The zero-order chi connectivity index (χ0) is 13.8. The first kappa shape index (κ1) is 13.9. The van der Waals surface area contributed by atoms with E-state index < -0.39 is 0 Å². The molecule has 1 aromatic carbocycles. The van der Waals surface area contributed by atoms with Crippen LogP contribution in [0.2, 0.25) is 0 Å². The Morgan fingerprint density at radius 1 is 1.53 bits per heavy atom. The molecule has 2 N–H and O–H groups in total. The lowest BCUT2D eigenvalue weighted by Gasteiger charge is -2.38. The average molecular weight is 262 g/mol. The number of rotatable bonds is 4. The quantitative estimate of drug-likeness (QED) is 0.839. The number of carbonyl (C=O) groups excluding carboxylic acids is 1.